The molecule has 0 spiro atoms. The van der Waals surface area contributed by atoms with Crippen LogP contribution in [0.25, 0.3) is 0 Å². The summed E-state index contributed by atoms with van der Waals surface area (Å²) in [6, 6.07) is 0.135. The van der Waals surface area contributed by atoms with E-state index in [1.165, 1.54) is 38.5 Å². The van der Waals surface area contributed by atoms with Crippen molar-refractivity contribution in [2.24, 2.45) is 28.2 Å². The van der Waals surface area contributed by atoms with Gasteiger partial charge in [0.1, 0.15) is 5.76 Å². The molecule has 5 aliphatic carbocycles. The minimum Gasteiger partial charge on any atom is -0.511 e. The molecule has 4 saturated carbocycles. The fraction of sp³-hybridized carbons (Fsp3) is 0.808. The molecule has 4 bridgehead atoms. The van der Waals surface area contributed by atoms with Crippen LogP contribution in [0.2, 0.25) is 0 Å². The van der Waals surface area contributed by atoms with E-state index in [0.717, 1.165) is 50.5 Å². The molecule has 7 heteroatoms. The van der Waals surface area contributed by atoms with E-state index in [0.29, 0.717) is 25.0 Å². The fourth-order valence-electron chi connectivity index (χ4n) is 7.55. The lowest BCUT2D eigenvalue weighted by Gasteiger charge is -2.57. The van der Waals surface area contributed by atoms with Crippen LogP contribution in [0.4, 0.5) is 4.79 Å². The van der Waals surface area contributed by atoms with E-state index in [1.807, 2.05) is 18.7 Å². The van der Waals surface area contributed by atoms with Crippen LogP contribution in [-0.2, 0) is 4.79 Å². The number of amides is 2. The van der Waals surface area contributed by atoms with Gasteiger partial charge in [-0.2, -0.15) is 0 Å². The number of nitrogens with one attached hydrogen (secondary N) is 1. The Morgan fingerprint density at radius 3 is 2.24 bits per heavy atom. The summed E-state index contributed by atoms with van der Waals surface area (Å²) in [4.78, 5) is 34.1. The highest BCUT2D eigenvalue weighted by molar-refractivity contribution is 6.14. The summed E-state index contributed by atoms with van der Waals surface area (Å²) >= 11 is 0. The number of nitrogens with zero attached hydrogens (tertiary/aromatic N) is 3. The summed E-state index contributed by atoms with van der Waals surface area (Å²) in [5.74, 6) is 2.65. The molecular formula is C26H40N4O3. The summed E-state index contributed by atoms with van der Waals surface area (Å²) in [6.45, 7) is 8.59. The Morgan fingerprint density at radius 2 is 1.67 bits per heavy atom. The van der Waals surface area contributed by atoms with E-state index in [2.05, 4.69) is 15.2 Å². The van der Waals surface area contributed by atoms with Gasteiger partial charge in [-0.05, 0) is 61.7 Å². The Kier molecular flexibility index (Phi) is 6.04. The van der Waals surface area contributed by atoms with Crippen LogP contribution in [0.1, 0.15) is 65.2 Å². The average Bonchev–Trinajstić information content (AvgIpc) is 2.71. The van der Waals surface area contributed by atoms with E-state index in [1.54, 1.807) is 6.21 Å². The second-order valence-electron chi connectivity index (χ2n) is 12.3. The number of aliphatic hydroxyl groups is 1. The molecule has 0 aromatic carbocycles. The number of piperazine rings is 1. The normalized spacial score (nSPS) is 36.1. The summed E-state index contributed by atoms with van der Waals surface area (Å²) in [7, 11) is 0. The standard InChI is InChI=1S/C26H40N4O3/c1-25(2)15-22(31)21(23(32)16-25)17-27-3-4-29-5-7-30(8-6-29)24(33)28-26-12-18-9-19(13-26)11-20(10-18)14-26/h17-20,31H,3-16H2,1-2H3,(H,28,33). The Balaban J connectivity index is 1.06. The maximum absolute atomic E-state index is 13.0. The van der Waals surface area contributed by atoms with Gasteiger partial charge in [-0.3, -0.25) is 14.7 Å². The summed E-state index contributed by atoms with van der Waals surface area (Å²) < 4.78 is 0. The number of ketones is 1. The van der Waals surface area contributed by atoms with E-state index >= 15 is 0 Å². The van der Waals surface area contributed by atoms with E-state index in [9.17, 15) is 14.7 Å². The van der Waals surface area contributed by atoms with Crippen molar-refractivity contribution >= 4 is 18.0 Å². The van der Waals surface area contributed by atoms with Gasteiger partial charge in [0.05, 0.1) is 12.1 Å². The lowest BCUT2D eigenvalue weighted by molar-refractivity contribution is -0.117. The van der Waals surface area contributed by atoms with Crippen molar-refractivity contribution in [1.82, 2.24) is 15.1 Å². The molecule has 0 unspecified atom stereocenters. The third-order valence-electron chi connectivity index (χ3n) is 8.73. The highest BCUT2D eigenvalue weighted by atomic mass is 16.3. The number of Topliss-reactive ketones (excluding diaryl/α,β-unsaturated/α-hetero) is 1. The summed E-state index contributed by atoms with van der Waals surface area (Å²) in [5, 5.41) is 13.7. The lowest BCUT2D eigenvalue weighted by Crippen LogP contribution is -2.63. The van der Waals surface area contributed by atoms with Crippen molar-refractivity contribution in [2.75, 3.05) is 39.3 Å². The number of carbonyl (C=O) groups is 2. The number of allylic oxidation sites excluding steroid dienone is 2. The Hall–Kier alpha value is -1.89. The predicted molar refractivity (Wildman–Crippen MR) is 128 cm³/mol. The average molecular weight is 457 g/mol. The van der Waals surface area contributed by atoms with E-state index in [-0.39, 0.29) is 28.5 Å². The fourth-order valence-corrected chi connectivity index (χ4v) is 7.55. The molecule has 6 rings (SSSR count). The summed E-state index contributed by atoms with van der Waals surface area (Å²) in [6.07, 6.45) is 10.3. The molecule has 33 heavy (non-hydrogen) atoms. The SMILES string of the molecule is CC1(C)CC(=O)C(C=NCCN2CCN(C(=O)NC34CC5CC(CC(C5)C3)C4)CC2)=C(O)C1. The Bertz CT molecular complexity index is 818. The molecule has 1 saturated heterocycles. The Labute approximate surface area is 197 Å². The topological polar surface area (TPSA) is 85.2 Å². The van der Waals surface area contributed by atoms with Gasteiger partial charge < -0.3 is 15.3 Å². The van der Waals surface area contributed by atoms with Crippen LogP contribution in [0, 0.1) is 23.2 Å². The van der Waals surface area contributed by atoms with Gasteiger partial charge in [0.25, 0.3) is 0 Å². The molecule has 0 radical (unpaired) electrons. The number of aliphatic imine (C=N–C) groups is 1. The minimum absolute atomic E-state index is 0.0221. The van der Waals surface area contributed by atoms with Gasteiger partial charge in [-0.1, -0.05) is 13.8 Å². The van der Waals surface area contributed by atoms with Gasteiger partial charge in [0.15, 0.2) is 5.78 Å². The monoisotopic (exact) mass is 456 g/mol. The number of hydrogen-bond acceptors (Lipinski definition) is 5. The molecular weight excluding hydrogens is 416 g/mol. The van der Waals surface area contributed by atoms with Crippen LogP contribution in [0.5, 0.6) is 0 Å². The van der Waals surface area contributed by atoms with Crippen LogP contribution >= 0.6 is 0 Å². The van der Waals surface area contributed by atoms with Crippen molar-refractivity contribution in [3.8, 4) is 0 Å². The zero-order chi connectivity index (χ0) is 23.2. The van der Waals surface area contributed by atoms with Crippen LogP contribution in [0.3, 0.4) is 0 Å². The minimum atomic E-state index is -0.180. The smallest absolute Gasteiger partial charge is 0.317 e. The van der Waals surface area contributed by atoms with Crippen LogP contribution in [-0.4, -0.2) is 77.7 Å². The van der Waals surface area contributed by atoms with Crippen molar-refractivity contribution < 1.29 is 14.7 Å². The van der Waals surface area contributed by atoms with Crippen molar-refractivity contribution in [2.45, 2.75) is 70.8 Å². The van der Waals surface area contributed by atoms with Crippen LogP contribution in [0.15, 0.2) is 16.3 Å². The molecule has 5 fully saturated rings. The van der Waals surface area contributed by atoms with Crippen molar-refractivity contribution in [3.63, 3.8) is 0 Å². The largest absolute Gasteiger partial charge is 0.511 e. The maximum Gasteiger partial charge on any atom is 0.317 e. The number of carbonyl (C=O) groups excluding carboxylic acids is 2. The number of urea groups is 1. The number of rotatable bonds is 5. The van der Waals surface area contributed by atoms with Crippen molar-refractivity contribution in [3.05, 3.63) is 11.3 Å². The summed E-state index contributed by atoms with van der Waals surface area (Å²) in [5.41, 5.74) is 0.268. The molecule has 2 N–H and O–H groups in total. The van der Waals surface area contributed by atoms with E-state index in [4.69, 9.17) is 0 Å². The molecule has 182 valence electrons. The first-order chi connectivity index (χ1) is 15.7. The molecule has 0 atom stereocenters. The zero-order valence-corrected chi connectivity index (χ0v) is 20.3. The first kappa shape index (κ1) is 22.9. The van der Waals surface area contributed by atoms with Gasteiger partial charge in [0, 0.05) is 57.3 Å². The molecule has 0 aromatic rings. The highest BCUT2D eigenvalue weighted by Gasteiger charge is 2.51. The van der Waals surface area contributed by atoms with Gasteiger partial charge in [0.2, 0.25) is 0 Å². The quantitative estimate of drug-likeness (QED) is 0.620. The second-order valence-corrected chi connectivity index (χ2v) is 12.3. The number of hydrogen-bond donors (Lipinski definition) is 2. The molecule has 0 aromatic heterocycles. The first-order valence-corrected chi connectivity index (χ1v) is 12.9. The molecule has 2 amide bonds. The predicted octanol–water partition coefficient (Wildman–Crippen LogP) is 3.55. The van der Waals surface area contributed by atoms with Crippen molar-refractivity contribution in [1.29, 1.82) is 0 Å². The van der Waals surface area contributed by atoms with Gasteiger partial charge >= 0.3 is 6.03 Å². The third kappa shape index (κ3) is 4.98. The third-order valence-corrected chi connectivity index (χ3v) is 8.73. The maximum atomic E-state index is 13.0. The lowest BCUT2D eigenvalue weighted by atomic mass is 9.53. The Morgan fingerprint density at radius 1 is 1.06 bits per heavy atom. The number of aliphatic hydroxyl groups excluding tert-OH is 1. The zero-order valence-electron chi connectivity index (χ0n) is 20.3. The van der Waals surface area contributed by atoms with Gasteiger partial charge in [-0.25, -0.2) is 4.79 Å². The first-order valence-electron chi connectivity index (χ1n) is 12.9. The molecule has 1 heterocycles. The molecule has 7 nitrogen and oxygen atoms in total. The highest BCUT2D eigenvalue weighted by Crippen LogP contribution is 2.55. The molecule has 1 aliphatic heterocycles. The van der Waals surface area contributed by atoms with E-state index < -0.39 is 0 Å². The van der Waals surface area contributed by atoms with Gasteiger partial charge in [-0.15, -0.1) is 0 Å². The second kappa shape index (κ2) is 8.71. The van der Waals surface area contributed by atoms with Crippen LogP contribution < -0.4 is 5.32 Å². The molecule has 6 aliphatic rings.